The minimum absolute atomic E-state index is 0.0418. The number of hydrogen-bond acceptors (Lipinski definition) is 6. The third-order valence-corrected chi connectivity index (χ3v) is 6.63. The molecular formula is C28H31N5O5. The number of hydrogen-bond donors (Lipinski definition) is 2. The fourth-order valence-corrected chi connectivity index (χ4v) is 4.73. The van der Waals surface area contributed by atoms with Gasteiger partial charge in [0, 0.05) is 19.5 Å². The number of aromatic nitrogens is 2. The Hall–Kier alpha value is -4.47. The van der Waals surface area contributed by atoms with E-state index in [9.17, 15) is 24.0 Å². The highest BCUT2D eigenvalue weighted by Gasteiger charge is 2.44. The average Bonchev–Trinajstić information content (AvgIpc) is 3.16. The summed E-state index contributed by atoms with van der Waals surface area (Å²) in [6, 6.07) is 14.2. The molecule has 3 amide bonds. The zero-order valence-electron chi connectivity index (χ0n) is 21.5. The van der Waals surface area contributed by atoms with Crippen LogP contribution in [0.5, 0.6) is 0 Å². The topological polar surface area (TPSA) is 139 Å². The Labute approximate surface area is 219 Å². The van der Waals surface area contributed by atoms with Crippen LogP contribution in [0.1, 0.15) is 59.4 Å². The summed E-state index contributed by atoms with van der Waals surface area (Å²) in [6.45, 7) is 4.15. The van der Waals surface area contributed by atoms with Crippen LogP contribution in [-0.4, -0.2) is 44.8 Å². The van der Waals surface area contributed by atoms with Crippen LogP contribution in [0.2, 0.25) is 0 Å². The van der Waals surface area contributed by atoms with Crippen molar-refractivity contribution in [1.82, 2.24) is 14.5 Å². The Morgan fingerprint density at radius 2 is 1.53 bits per heavy atom. The van der Waals surface area contributed by atoms with Crippen LogP contribution in [0.25, 0.3) is 0 Å². The van der Waals surface area contributed by atoms with Crippen molar-refractivity contribution in [3.05, 3.63) is 92.1 Å². The van der Waals surface area contributed by atoms with Gasteiger partial charge in [0.15, 0.2) is 5.69 Å². The minimum Gasteiger partial charge on any atom is -0.383 e. The molecule has 4 rings (SSSR count). The molecule has 10 heteroatoms. The van der Waals surface area contributed by atoms with Gasteiger partial charge in [-0.15, -0.1) is 0 Å². The second kappa shape index (κ2) is 11.3. The van der Waals surface area contributed by atoms with Crippen molar-refractivity contribution in [1.29, 1.82) is 0 Å². The van der Waals surface area contributed by atoms with Crippen molar-refractivity contribution in [2.45, 2.75) is 52.1 Å². The quantitative estimate of drug-likeness (QED) is 0.397. The molecule has 0 saturated carbocycles. The molecule has 0 unspecified atom stereocenters. The molecule has 2 aromatic carbocycles. The van der Waals surface area contributed by atoms with Crippen LogP contribution in [0.3, 0.4) is 0 Å². The minimum atomic E-state index is -1.24. The number of nitrogens with zero attached hydrogens (tertiary/aromatic N) is 3. The maximum Gasteiger partial charge on any atom is 0.330 e. The molecule has 198 valence electrons. The molecule has 1 aliphatic heterocycles. The van der Waals surface area contributed by atoms with Crippen LogP contribution in [0.4, 0.5) is 11.5 Å². The van der Waals surface area contributed by atoms with Crippen molar-refractivity contribution < 1.29 is 14.4 Å². The highest BCUT2D eigenvalue weighted by atomic mass is 16.2. The number of fused-ring (bicyclic) bond motifs is 1. The van der Waals surface area contributed by atoms with Crippen molar-refractivity contribution in [2.75, 3.05) is 17.2 Å². The van der Waals surface area contributed by atoms with E-state index in [1.165, 1.54) is 9.47 Å². The van der Waals surface area contributed by atoms with Gasteiger partial charge < -0.3 is 10.6 Å². The smallest absolute Gasteiger partial charge is 0.330 e. The van der Waals surface area contributed by atoms with E-state index < -0.39 is 35.0 Å². The molecule has 1 aromatic heterocycles. The summed E-state index contributed by atoms with van der Waals surface area (Å²) in [5.41, 5.74) is 5.86. The molecule has 1 aliphatic rings. The van der Waals surface area contributed by atoms with Gasteiger partial charge in [0.05, 0.1) is 11.1 Å². The summed E-state index contributed by atoms with van der Waals surface area (Å²) < 4.78 is 1.22. The number of H-pyrrole nitrogens is 1. The van der Waals surface area contributed by atoms with Gasteiger partial charge in [-0.05, 0) is 30.5 Å². The van der Waals surface area contributed by atoms with Gasteiger partial charge in [0.1, 0.15) is 11.9 Å². The molecule has 1 atom stereocenters. The third-order valence-electron chi connectivity index (χ3n) is 6.63. The van der Waals surface area contributed by atoms with E-state index in [0.717, 1.165) is 10.5 Å². The van der Waals surface area contributed by atoms with Crippen LogP contribution >= 0.6 is 0 Å². The number of anilines is 2. The Kier molecular flexibility index (Phi) is 7.90. The van der Waals surface area contributed by atoms with Crippen molar-refractivity contribution in [3.8, 4) is 0 Å². The lowest BCUT2D eigenvalue weighted by molar-refractivity contribution is -0.122. The lowest BCUT2D eigenvalue weighted by Crippen LogP contribution is -2.54. The molecule has 3 aromatic rings. The first-order chi connectivity index (χ1) is 18.3. The standard InChI is InChI=1S/C28H31N5O5/c1-3-5-16-31(22-23(29)32(15-4-2)28(38)30-24(22)34)27(37)21(17-18-11-7-6-8-12-18)33-25(35)19-13-9-10-14-20(19)26(33)36/h6-14,21H,3-5,15-17,29H2,1-2H3,(H,30,34,38)/t21-/m1/s1. The second-order valence-electron chi connectivity index (χ2n) is 9.22. The van der Waals surface area contributed by atoms with Crippen molar-refractivity contribution >= 4 is 29.2 Å². The number of nitrogen functional groups attached to an aromatic ring is 1. The second-order valence-corrected chi connectivity index (χ2v) is 9.22. The van der Waals surface area contributed by atoms with Crippen LogP contribution in [0.15, 0.2) is 64.2 Å². The Morgan fingerprint density at radius 1 is 0.921 bits per heavy atom. The maximum absolute atomic E-state index is 14.3. The molecular weight excluding hydrogens is 486 g/mol. The molecule has 0 saturated heterocycles. The Balaban J connectivity index is 1.85. The number of aromatic amines is 1. The monoisotopic (exact) mass is 517 g/mol. The van der Waals surface area contributed by atoms with Gasteiger partial charge >= 0.3 is 5.69 Å². The number of rotatable bonds is 10. The Morgan fingerprint density at radius 3 is 2.11 bits per heavy atom. The van der Waals surface area contributed by atoms with Crippen molar-refractivity contribution in [3.63, 3.8) is 0 Å². The first-order valence-electron chi connectivity index (χ1n) is 12.7. The summed E-state index contributed by atoms with van der Waals surface area (Å²) >= 11 is 0. The number of imide groups is 1. The van der Waals surface area contributed by atoms with E-state index in [1.807, 2.05) is 19.9 Å². The first-order valence-corrected chi connectivity index (χ1v) is 12.7. The van der Waals surface area contributed by atoms with Gasteiger partial charge in [0.2, 0.25) is 0 Å². The zero-order valence-corrected chi connectivity index (χ0v) is 21.5. The zero-order chi connectivity index (χ0) is 27.4. The van der Waals surface area contributed by atoms with E-state index in [4.69, 9.17) is 5.73 Å². The van der Waals surface area contributed by atoms with Gasteiger partial charge in [-0.2, -0.15) is 0 Å². The summed E-state index contributed by atoms with van der Waals surface area (Å²) in [7, 11) is 0. The normalized spacial score (nSPS) is 13.5. The van der Waals surface area contributed by atoms with E-state index >= 15 is 0 Å². The molecule has 38 heavy (non-hydrogen) atoms. The molecule has 2 heterocycles. The molecule has 3 N–H and O–H groups in total. The fraction of sp³-hybridized carbons (Fsp3) is 0.321. The van der Waals surface area contributed by atoms with Crippen LogP contribution in [-0.2, 0) is 17.8 Å². The van der Waals surface area contributed by atoms with Crippen LogP contribution < -0.4 is 21.9 Å². The number of unbranched alkanes of at least 4 members (excludes halogenated alkanes) is 1. The van der Waals surface area contributed by atoms with E-state index in [1.54, 1.807) is 48.5 Å². The fourth-order valence-electron chi connectivity index (χ4n) is 4.73. The highest BCUT2D eigenvalue weighted by Crippen LogP contribution is 2.28. The molecule has 0 spiro atoms. The van der Waals surface area contributed by atoms with Crippen molar-refractivity contribution in [2.24, 2.45) is 0 Å². The van der Waals surface area contributed by atoms with Gasteiger partial charge in [-0.1, -0.05) is 62.7 Å². The molecule has 0 bridgehead atoms. The number of nitrogens with two attached hydrogens (primary N) is 1. The third kappa shape index (κ3) is 4.89. The number of carbonyl (C=O) groups excluding carboxylic acids is 3. The number of nitrogens with one attached hydrogen (secondary N) is 1. The molecule has 0 fully saturated rings. The van der Waals surface area contributed by atoms with Gasteiger partial charge in [-0.3, -0.25) is 33.6 Å². The molecule has 0 radical (unpaired) electrons. The average molecular weight is 518 g/mol. The summed E-state index contributed by atoms with van der Waals surface area (Å²) in [4.78, 5) is 71.1. The molecule has 0 aliphatic carbocycles. The first kappa shape index (κ1) is 26.6. The van der Waals surface area contributed by atoms with E-state index in [-0.39, 0.29) is 42.1 Å². The van der Waals surface area contributed by atoms with Gasteiger partial charge in [-0.25, -0.2) is 4.79 Å². The largest absolute Gasteiger partial charge is 0.383 e. The van der Waals surface area contributed by atoms with Crippen LogP contribution in [0, 0.1) is 0 Å². The Bertz CT molecular complexity index is 1440. The number of carbonyl (C=O) groups is 3. The number of amides is 3. The lowest BCUT2D eigenvalue weighted by Gasteiger charge is -2.32. The highest BCUT2D eigenvalue weighted by molar-refractivity contribution is 6.23. The summed E-state index contributed by atoms with van der Waals surface area (Å²) in [5, 5.41) is 0. The predicted octanol–water partition coefficient (Wildman–Crippen LogP) is 2.57. The van der Waals surface area contributed by atoms with E-state index in [0.29, 0.717) is 19.3 Å². The predicted molar refractivity (Wildman–Crippen MR) is 144 cm³/mol. The molecule has 10 nitrogen and oxygen atoms in total. The van der Waals surface area contributed by atoms with E-state index in [2.05, 4.69) is 4.98 Å². The summed E-state index contributed by atoms with van der Waals surface area (Å²) in [5.74, 6) is -1.91. The van der Waals surface area contributed by atoms with Gasteiger partial charge in [0.25, 0.3) is 23.3 Å². The summed E-state index contributed by atoms with van der Waals surface area (Å²) in [6.07, 6.45) is 1.84. The number of benzene rings is 2. The lowest BCUT2D eigenvalue weighted by atomic mass is 10.0. The maximum atomic E-state index is 14.3. The SMILES string of the molecule is CCCCN(C(=O)[C@@H](Cc1ccccc1)N1C(=O)c2ccccc2C1=O)c1c(N)n(CCC)c(=O)[nH]c1=O.